The number of aromatic amines is 1. The van der Waals surface area contributed by atoms with Gasteiger partial charge in [-0.15, -0.1) is 0 Å². The largest absolute Gasteiger partial charge is 0.481 e. The van der Waals surface area contributed by atoms with Gasteiger partial charge >= 0.3 is 5.97 Å². The molecule has 0 bridgehead atoms. The van der Waals surface area contributed by atoms with Gasteiger partial charge in [0.05, 0.1) is 6.42 Å². The molecule has 0 aromatic carbocycles. The van der Waals surface area contributed by atoms with Crippen LogP contribution in [0.5, 0.6) is 0 Å². The van der Waals surface area contributed by atoms with Crippen molar-refractivity contribution in [3.8, 4) is 0 Å². The fraction of sp³-hybridized carbons (Fsp3) is 0.167. The van der Waals surface area contributed by atoms with Crippen LogP contribution >= 0.6 is 12.2 Å². The van der Waals surface area contributed by atoms with Crippen molar-refractivity contribution < 1.29 is 9.90 Å². The second-order valence-corrected chi connectivity index (χ2v) is 2.38. The molecule has 1 heterocycles. The smallest absolute Gasteiger partial charge is 0.307 e. The molecule has 5 heteroatoms. The van der Waals surface area contributed by atoms with E-state index in [2.05, 4.69) is 22.2 Å². The van der Waals surface area contributed by atoms with Gasteiger partial charge in [-0.2, -0.15) is 0 Å². The van der Waals surface area contributed by atoms with Crippen molar-refractivity contribution in [2.75, 3.05) is 0 Å². The number of carboxylic acids is 1. The summed E-state index contributed by atoms with van der Waals surface area (Å²) in [6.07, 6.45) is 2.97. The Labute approximate surface area is 67.9 Å². The summed E-state index contributed by atoms with van der Waals surface area (Å²) in [5.41, 5.74) is 0.617. The average molecular weight is 170 g/mol. The number of hydrogen-bond acceptors (Lipinski definition) is 3. The van der Waals surface area contributed by atoms with Crippen LogP contribution in [0.3, 0.4) is 0 Å². The second-order valence-electron chi connectivity index (χ2n) is 2.00. The second kappa shape index (κ2) is 3.25. The Morgan fingerprint density at radius 3 is 3.00 bits per heavy atom. The van der Waals surface area contributed by atoms with E-state index >= 15 is 0 Å². The van der Waals surface area contributed by atoms with Crippen LogP contribution in [-0.2, 0) is 11.2 Å². The predicted molar refractivity (Wildman–Crippen MR) is 40.8 cm³/mol. The lowest BCUT2D eigenvalue weighted by atomic mass is 10.2. The van der Waals surface area contributed by atoms with Crippen LogP contribution in [-0.4, -0.2) is 21.0 Å². The van der Waals surface area contributed by atoms with E-state index in [4.69, 9.17) is 5.11 Å². The lowest BCUT2D eigenvalue weighted by Gasteiger charge is -1.93. The van der Waals surface area contributed by atoms with Crippen LogP contribution in [0.1, 0.15) is 5.56 Å². The monoisotopic (exact) mass is 170 g/mol. The summed E-state index contributed by atoms with van der Waals surface area (Å²) in [5, 5.41) is 8.37. The molecule has 0 fully saturated rings. The van der Waals surface area contributed by atoms with Gasteiger partial charge in [0.15, 0.2) is 4.77 Å². The van der Waals surface area contributed by atoms with Gasteiger partial charge in [0, 0.05) is 12.4 Å². The van der Waals surface area contributed by atoms with Crippen LogP contribution in [0, 0.1) is 4.77 Å². The Morgan fingerprint density at radius 1 is 1.82 bits per heavy atom. The molecule has 0 saturated heterocycles. The molecule has 0 aliphatic carbocycles. The first-order valence-corrected chi connectivity index (χ1v) is 3.35. The number of nitrogens with zero attached hydrogens (tertiary/aromatic N) is 1. The lowest BCUT2D eigenvalue weighted by Crippen LogP contribution is -2.00. The minimum atomic E-state index is -0.877. The number of nitrogens with one attached hydrogen (secondary N) is 1. The fourth-order valence-electron chi connectivity index (χ4n) is 0.642. The van der Waals surface area contributed by atoms with Gasteiger partial charge in [0.2, 0.25) is 0 Å². The number of H-pyrrole nitrogens is 1. The molecule has 58 valence electrons. The number of aromatic nitrogens is 2. The Balaban J connectivity index is 2.82. The molecule has 4 nitrogen and oxygen atoms in total. The summed E-state index contributed by atoms with van der Waals surface area (Å²) in [6, 6.07) is 0. The number of hydrogen-bond donors (Lipinski definition) is 2. The van der Waals surface area contributed by atoms with E-state index in [1.165, 1.54) is 6.20 Å². The molecule has 1 aromatic rings. The van der Waals surface area contributed by atoms with E-state index in [1.54, 1.807) is 6.20 Å². The highest BCUT2D eigenvalue weighted by Crippen LogP contribution is 1.94. The molecule has 1 aromatic heterocycles. The predicted octanol–water partition coefficient (Wildman–Crippen LogP) is 0.766. The minimum Gasteiger partial charge on any atom is -0.481 e. The summed E-state index contributed by atoms with van der Waals surface area (Å²) in [6.45, 7) is 0. The first-order valence-electron chi connectivity index (χ1n) is 2.94. The van der Waals surface area contributed by atoms with Gasteiger partial charge in [0.25, 0.3) is 0 Å². The first-order chi connectivity index (χ1) is 5.18. The van der Waals surface area contributed by atoms with Crippen molar-refractivity contribution in [2.24, 2.45) is 0 Å². The summed E-state index contributed by atoms with van der Waals surface area (Å²) in [4.78, 5) is 16.6. The van der Waals surface area contributed by atoms with E-state index < -0.39 is 5.97 Å². The minimum absolute atomic E-state index is 0.0287. The molecule has 11 heavy (non-hydrogen) atoms. The van der Waals surface area contributed by atoms with E-state index in [0.29, 0.717) is 10.3 Å². The van der Waals surface area contributed by atoms with Crippen LogP contribution in [0.15, 0.2) is 12.4 Å². The third-order valence-corrected chi connectivity index (χ3v) is 1.31. The molecular weight excluding hydrogens is 164 g/mol. The van der Waals surface area contributed by atoms with Crippen molar-refractivity contribution in [1.29, 1.82) is 0 Å². The van der Waals surface area contributed by atoms with Crippen LogP contribution in [0.2, 0.25) is 0 Å². The average Bonchev–Trinajstić information content (AvgIpc) is 1.93. The van der Waals surface area contributed by atoms with Crippen molar-refractivity contribution in [1.82, 2.24) is 9.97 Å². The Kier molecular flexibility index (Phi) is 2.32. The molecule has 0 radical (unpaired) electrons. The molecule has 0 amide bonds. The highest BCUT2D eigenvalue weighted by Gasteiger charge is 1.98. The number of rotatable bonds is 2. The SMILES string of the molecule is O=C(O)Cc1cnc(=S)[nH]c1. The van der Waals surface area contributed by atoms with Gasteiger partial charge < -0.3 is 10.1 Å². The standard InChI is InChI=1S/C6H6N2O2S/c9-5(10)1-4-2-7-6(11)8-3-4/h2-3H,1H2,(H,9,10)(H,7,8,11). The third kappa shape index (κ3) is 2.46. The maximum absolute atomic E-state index is 10.2. The van der Waals surface area contributed by atoms with Crippen LogP contribution < -0.4 is 0 Å². The van der Waals surface area contributed by atoms with Gasteiger partial charge in [-0.1, -0.05) is 0 Å². The molecule has 0 unspecified atom stereocenters. The van der Waals surface area contributed by atoms with E-state index in [-0.39, 0.29) is 6.42 Å². The zero-order valence-electron chi connectivity index (χ0n) is 5.57. The van der Waals surface area contributed by atoms with Crippen molar-refractivity contribution >= 4 is 18.2 Å². The maximum Gasteiger partial charge on any atom is 0.307 e. The van der Waals surface area contributed by atoms with Gasteiger partial charge in [-0.05, 0) is 17.8 Å². The molecule has 0 atom stereocenters. The van der Waals surface area contributed by atoms with Crippen molar-refractivity contribution in [3.63, 3.8) is 0 Å². The lowest BCUT2D eigenvalue weighted by molar-refractivity contribution is -0.136. The Hall–Kier alpha value is -1.23. The maximum atomic E-state index is 10.2. The molecule has 0 saturated carbocycles. The third-order valence-electron chi connectivity index (χ3n) is 1.08. The first kappa shape index (κ1) is 7.87. The number of carboxylic acid groups (broad SMARTS) is 1. The molecule has 0 aliphatic heterocycles. The Bertz CT molecular complexity index is 300. The number of carbonyl (C=O) groups is 1. The summed E-state index contributed by atoms with van der Waals surface area (Å²) < 4.78 is 0.360. The van der Waals surface area contributed by atoms with Gasteiger partial charge in [-0.25, -0.2) is 4.98 Å². The molecule has 1 rings (SSSR count). The van der Waals surface area contributed by atoms with E-state index in [9.17, 15) is 4.79 Å². The molecular formula is C6H6N2O2S. The summed E-state index contributed by atoms with van der Waals surface area (Å²) in [5.74, 6) is -0.877. The zero-order valence-corrected chi connectivity index (χ0v) is 6.39. The quantitative estimate of drug-likeness (QED) is 0.643. The molecule has 0 spiro atoms. The highest BCUT2D eigenvalue weighted by atomic mass is 32.1. The van der Waals surface area contributed by atoms with Crippen LogP contribution in [0.25, 0.3) is 0 Å². The highest BCUT2D eigenvalue weighted by molar-refractivity contribution is 7.71. The van der Waals surface area contributed by atoms with Gasteiger partial charge in [0.1, 0.15) is 0 Å². The topological polar surface area (TPSA) is 66.0 Å². The number of aliphatic carboxylic acids is 1. The van der Waals surface area contributed by atoms with E-state index in [1.807, 2.05) is 0 Å². The van der Waals surface area contributed by atoms with Crippen LogP contribution in [0.4, 0.5) is 0 Å². The fourth-order valence-corrected chi connectivity index (χ4v) is 0.753. The normalized spacial score (nSPS) is 9.45. The Morgan fingerprint density at radius 2 is 2.55 bits per heavy atom. The summed E-state index contributed by atoms with van der Waals surface area (Å²) in [7, 11) is 0. The summed E-state index contributed by atoms with van der Waals surface area (Å²) >= 11 is 4.67. The van der Waals surface area contributed by atoms with E-state index in [0.717, 1.165) is 0 Å². The zero-order chi connectivity index (χ0) is 8.27. The van der Waals surface area contributed by atoms with Crippen molar-refractivity contribution in [3.05, 3.63) is 22.7 Å². The van der Waals surface area contributed by atoms with Crippen molar-refractivity contribution in [2.45, 2.75) is 6.42 Å². The van der Waals surface area contributed by atoms with Gasteiger partial charge in [-0.3, -0.25) is 4.79 Å². The molecule has 0 aliphatic rings. The molecule has 2 N–H and O–H groups in total.